The van der Waals surface area contributed by atoms with E-state index in [-0.39, 0.29) is 42.7 Å². The Morgan fingerprint density at radius 3 is 1.33 bits per heavy atom. The van der Waals surface area contributed by atoms with Gasteiger partial charge in [0.05, 0.1) is 40.3 Å². The fourth-order valence-corrected chi connectivity index (χ4v) is 7.82. The summed E-state index contributed by atoms with van der Waals surface area (Å²) >= 11 is 0. The first-order valence-corrected chi connectivity index (χ1v) is 25.9. The van der Waals surface area contributed by atoms with E-state index in [0.29, 0.717) is 12.8 Å². The van der Waals surface area contributed by atoms with E-state index in [2.05, 4.69) is 38.2 Å². The Hall–Kier alpha value is -2.19. The zero-order chi connectivity index (χ0) is 44.9. The van der Waals surface area contributed by atoms with Crippen LogP contribution in [0, 0.1) is 0 Å². The van der Waals surface area contributed by atoms with Crippen LogP contribution in [0.15, 0.2) is 24.3 Å². The number of unbranched alkanes of at least 4 members (excludes halogenated alkanes) is 29. The van der Waals surface area contributed by atoms with Crippen LogP contribution in [0.25, 0.3) is 0 Å². The highest BCUT2D eigenvalue weighted by Gasteiger charge is 2.25. The summed E-state index contributed by atoms with van der Waals surface area (Å²) in [6, 6.07) is -0.726. The van der Waals surface area contributed by atoms with Gasteiger partial charge in [-0.05, 0) is 38.5 Å². The van der Waals surface area contributed by atoms with Crippen LogP contribution in [0.1, 0.15) is 245 Å². The molecule has 0 aromatic rings. The van der Waals surface area contributed by atoms with Gasteiger partial charge >= 0.3 is 11.9 Å². The van der Waals surface area contributed by atoms with E-state index >= 15 is 0 Å². The number of likely N-dealkylation sites (N-methyl/N-ethyl adjacent to an activating group) is 1. The molecule has 0 N–H and O–H groups in total. The van der Waals surface area contributed by atoms with Crippen LogP contribution in [0.5, 0.6) is 0 Å². The fourth-order valence-electron chi connectivity index (χ4n) is 7.82. The second-order valence-electron chi connectivity index (χ2n) is 18.8. The number of carboxylic acid groups (broad SMARTS) is 1. The molecule has 0 radical (unpaired) electrons. The number of carbonyl (C=O) groups excluding carboxylic acids is 3. The molecule has 358 valence electrons. The standard InChI is InChI=1S/C53H99NO7/c1-6-8-10-12-14-16-18-20-21-22-23-24-25-26-27-28-29-30-32-33-35-37-39-41-43-51(55)60-48-49(47-59-46-45-50(53(57)58)54(3,4)5)61-52(56)44-42-40-38-36-34-31-19-17-15-13-11-9-7-2/h11,13,17,19,49-50H,6-10,12,14-16,18,20-48H2,1-5H3/b13-11-,19-17-. The number of hydrogen-bond acceptors (Lipinski definition) is 7. The molecule has 0 bridgehead atoms. The van der Waals surface area contributed by atoms with Crippen molar-refractivity contribution in [1.82, 2.24) is 0 Å². The topological polar surface area (TPSA) is 102 Å². The van der Waals surface area contributed by atoms with Crippen molar-refractivity contribution in [2.45, 2.75) is 257 Å². The zero-order valence-electron chi connectivity index (χ0n) is 40.8. The molecule has 0 rings (SSSR count). The van der Waals surface area contributed by atoms with Crippen LogP contribution in [-0.2, 0) is 28.6 Å². The molecule has 8 heteroatoms. The van der Waals surface area contributed by atoms with Gasteiger partial charge in [-0.2, -0.15) is 0 Å². The predicted molar refractivity (Wildman–Crippen MR) is 254 cm³/mol. The van der Waals surface area contributed by atoms with Crippen molar-refractivity contribution in [3.63, 3.8) is 0 Å². The van der Waals surface area contributed by atoms with Gasteiger partial charge in [0, 0.05) is 19.3 Å². The van der Waals surface area contributed by atoms with Crippen LogP contribution < -0.4 is 5.11 Å². The molecule has 8 nitrogen and oxygen atoms in total. The van der Waals surface area contributed by atoms with Crippen LogP contribution in [-0.4, -0.2) is 75.5 Å². The highest BCUT2D eigenvalue weighted by atomic mass is 16.6. The van der Waals surface area contributed by atoms with Crippen molar-refractivity contribution in [3.8, 4) is 0 Å². The highest BCUT2D eigenvalue weighted by molar-refractivity contribution is 5.70. The van der Waals surface area contributed by atoms with Gasteiger partial charge in [-0.25, -0.2) is 0 Å². The van der Waals surface area contributed by atoms with E-state index in [1.165, 1.54) is 141 Å². The second kappa shape index (κ2) is 44.4. The average molecular weight is 862 g/mol. The molecule has 0 heterocycles. The molecular formula is C53H99NO7. The molecule has 0 aromatic heterocycles. The first-order valence-electron chi connectivity index (χ1n) is 25.9. The Labute approximate surface area is 377 Å². The third-order valence-corrected chi connectivity index (χ3v) is 11.8. The second-order valence-corrected chi connectivity index (χ2v) is 18.8. The maximum atomic E-state index is 12.7. The quantitative estimate of drug-likeness (QED) is 0.0260. The maximum absolute atomic E-state index is 12.7. The van der Waals surface area contributed by atoms with Gasteiger partial charge in [-0.15, -0.1) is 0 Å². The summed E-state index contributed by atoms with van der Waals surface area (Å²) in [7, 11) is 5.41. The predicted octanol–water partition coefficient (Wildman–Crippen LogP) is 13.5. The molecule has 0 aliphatic heterocycles. The third-order valence-electron chi connectivity index (χ3n) is 11.8. The molecule has 61 heavy (non-hydrogen) atoms. The first-order chi connectivity index (χ1) is 29.6. The Bertz CT molecular complexity index is 1050. The number of carboxylic acids is 1. The first kappa shape index (κ1) is 58.8. The molecule has 2 unspecified atom stereocenters. The lowest BCUT2D eigenvalue weighted by Gasteiger charge is -2.34. The molecule has 0 aromatic carbocycles. The van der Waals surface area contributed by atoms with Crippen molar-refractivity contribution in [1.29, 1.82) is 0 Å². The summed E-state index contributed by atoms with van der Waals surface area (Å²) < 4.78 is 17.2. The molecular weight excluding hydrogens is 763 g/mol. The van der Waals surface area contributed by atoms with Gasteiger partial charge in [-0.3, -0.25) is 9.59 Å². The molecule has 0 aliphatic carbocycles. The van der Waals surface area contributed by atoms with E-state index < -0.39 is 18.1 Å². The van der Waals surface area contributed by atoms with Crippen molar-refractivity contribution >= 4 is 17.9 Å². The molecule has 0 fully saturated rings. The molecule has 0 saturated carbocycles. The maximum Gasteiger partial charge on any atom is 0.306 e. The lowest BCUT2D eigenvalue weighted by atomic mass is 10.0. The summed E-state index contributed by atoms with van der Waals surface area (Å²) in [6.45, 7) is 4.62. The number of esters is 2. The number of nitrogens with zero attached hydrogens (tertiary/aromatic N) is 1. The lowest BCUT2D eigenvalue weighted by molar-refractivity contribution is -0.889. The minimum atomic E-state index is -1.12. The normalized spacial score (nSPS) is 13.0. The summed E-state index contributed by atoms with van der Waals surface area (Å²) in [5.74, 6) is -1.74. The van der Waals surface area contributed by atoms with E-state index in [9.17, 15) is 19.5 Å². The number of quaternary nitrogens is 1. The lowest BCUT2D eigenvalue weighted by Crippen LogP contribution is -2.55. The van der Waals surface area contributed by atoms with Gasteiger partial charge in [0.15, 0.2) is 6.10 Å². The third kappa shape index (κ3) is 42.9. The number of aliphatic carboxylic acids is 1. The van der Waals surface area contributed by atoms with Gasteiger partial charge in [-0.1, -0.05) is 212 Å². The smallest absolute Gasteiger partial charge is 0.306 e. The van der Waals surface area contributed by atoms with Gasteiger partial charge < -0.3 is 28.6 Å². The van der Waals surface area contributed by atoms with Crippen molar-refractivity contribution in [2.24, 2.45) is 0 Å². The van der Waals surface area contributed by atoms with Crippen LogP contribution in [0.3, 0.4) is 0 Å². The van der Waals surface area contributed by atoms with E-state index in [4.69, 9.17) is 14.2 Å². The van der Waals surface area contributed by atoms with E-state index in [1.807, 2.05) is 0 Å². The van der Waals surface area contributed by atoms with Crippen molar-refractivity contribution < 1.29 is 38.2 Å². The zero-order valence-corrected chi connectivity index (χ0v) is 40.8. The summed E-state index contributed by atoms with van der Waals surface area (Å²) in [4.78, 5) is 37.0. The van der Waals surface area contributed by atoms with Crippen molar-refractivity contribution in [2.75, 3.05) is 41.0 Å². The highest BCUT2D eigenvalue weighted by Crippen LogP contribution is 2.17. The number of carbonyl (C=O) groups is 3. The number of hydrogen-bond donors (Lipinski definition) is 0. The minimum Gasteiger partial charge on any atom is -0.544 e. The largest absolute Gasteiger partial charge is 0.544 e. The molecule has 0 aliphatic rings. The molecule has 0 amide bonds. The summed E-state index contributed by atoms with van der Waals surface area (Å²) in [5.41, 5.74) is 0. The minimum absolute atomic E-state index is 0.0390. The number of rotatable bonds is 47. The van der Waals surface area contributed by atoms with Crippen LogP contribution in [0.4, 0.5) is 0 Å². The Kier molecular flexibility index (Phi) is 42.8. The van der Waals surface area contributed by atoms with Crippen molar-refractivity contribution in [3.05, 3.63) is 24.3 Å². The van der Waals surface area contributed by atoms with Crippen LogP contribution >= 0.6 is 0 Å². The van der Waals surface area contributed by atoms with E-state index in [1.54, 1.807) is 21.1 Å². The van der Waals surface area contributed by atoms with Gasteiger partial charge in [0.1, 0.15) is 12.6 Å². The molecule has 0 spiro atoms. The number of allylic oxidation sites excluding steroid dienone is 4. The monoisotopic (exact) mass is 862 g/mol. The Morgan fingerprint density at radius 2 is 0.902 bits per heavy atom. The van der Waals surface area contributed by atoms with Gasteiger partial charge in [0.25, 0.3) is 0 Å². The average Bonchev–Trinajstić information content (AvgIpc) is 3.22. The molecule has 2 atom stereocenters. The summed E-state index contributed by atoms with van der Waals surface area (Å²) in [5, 5.41) is 11.6. The summed E-state index contributed by atoms with van der Waals surface area (Å²) in [6.07, 6.45) is 50.8. The fraction of sp³-hybridized carbons (Fsp3) is 0.868. The van der Waals surface area contributed by atoms with E-state index in [0.717, 1.165) is 70.6 Å². The van der Waals surface area contributed by atoms with Gasteiger partial charge in [0.2, 0.25) is 0 Å². The Balaban J connectivity index is 4.12. The number of ether oxygens (including phenoxy) is 3. The van der Waals surface area contributed by atoms with Crippen LogP contribution in [0.2, 0.25) is 0 Å². The Morgan fingerprint density at radius 1 is 0.492 bits per heavy atom. The molecule has 0 saturated heterocycles. The SMILES string of the molecule is CCC/C=C\C/C=C\CCCCCCCC(=O)OC(COCCC(C(=O)[O-])[N+](C)(C)C)COC(=O)CCCCCCCCCCCCCCCCCCCCCCCCCC.